The van der Waals surface area contributed by atoms with Crippen molar-refractivity contribution in [3.63, 3.8) is 0 Å². The monoisotopic (exact) mass is 302 g/mol. The lowest BCUT2D eigenvalue weighted by Gasteiger charge is -2.20. The van der Waals surface area contributed by atoms with Crippen LogP contribution < -0.4 is 11.3 Å². The highest BCUT2D eigenvalue weighted by Gasteiger charge is 2.19. The summed E-state index contributed by atoms with van der Waals surface area (Å²) in [6, 6.07) is 14.3. The molecule has 3 rings (SSSR count). The highest BCUT2D eigenvalue weighted by Crippen LogP contribution is 2.35. The second-order valence-electron chi connectivity index (χ2n) is 4.76. The maximum atomic E-state index is 6.45. The molecule has 0 saturated carbocycles. The number of hydrogen-bond donors (Lipinski definition) is 2. The predicted molar refractivity (Wildman–Crippen MR) is 87.2 cm³/mol. The van der Waals surface area contributed by atoms with Crippen LogP contribution in [0.25, 0.3) is 10.1 Å². The van der Waals surface area contributed by atoms with Crippen LogP contribution in [0.1, 0.15) is 22.7 Å². The fourth-order valence-electron chi connectivity index (χ4n) is 2.48. The van der Waals surface area contributed by atoms with Gasteiger partial charge < -0.3 is 0 Å². The smallest absolute Gasteiger partial charge is 0.0738 e. The van der Waals surface area contributed by atoms with Crippen LogP contribution in [0.2, 0.25) is 5.02 Å². The maximum absolute atomic E-state index is 6.45. The van der Waals surface area contributed by atoms with Crippen molar-refractivity contribution in [3.8, 4) is 0 Å². The number of nitrogens with one attached hydrogen (secondary N) is 1. The van der Waals surface area contributed by atoms with Gasteiger partial charge in [-0.1, -0.05) is 48.0 Å². The first-order chi connectivity index (χ1) is 9.72. The van der Waals surface area contributed by atoms with Gasteiger partial charge in [-0.25, -0.2) is 5.43 Å². The van der Waals surface area contributed by atoms with Crippen molar-refractivity contribution in [2.24, 2.45) is 5.84 Å². The SMILES string of the molecule is Cc1cccc(C(NN)c2cccc3ccsc23)c1Cl. The molecule has 0 radical (unpaired) electrons. The molecule has 1 atom stereocenters. The topological polar surface area (TPSA) is 38.0 Å². The number of aryl methyl sites for hydroxylation is 1. The van der Waals surface area contributed by atoms with Crippen LogP contribution in [0.5, 0.6) is 0 Å². The Morgan fingerprint density at radius 3 is 2.65 bits per heavy atom. The van der Waals surface area contributed by atoms with Crippen LogP contribution >= 0.6 is 22.9 Å². The highest BCUT2D eigenvalue weighted by molar-refractivity contribution is 7.17. The first-order valence-electron chi connectivity index (χ1n) is 6.39. The number of halogens is 1. The summed E-state index contributed by atoms with van der Waals surface area (Å²) in [6.07, 6.45) is 0. The number of rotatable bonds is 3. The molecular weight excluding hydrogens is 288 g/mol. The first kappa shape index (κ1) is 13.6. The normalized spacial score (nSPS) is 12.8. The average Bonchev–Trinajstić information content (AvgIpc) is 2.93. The molecule has 3 aromatic rings. The Balaban J connectivity index is 2.19. The van der Waals surface area contributed by atoms with Gasteiger partial charge >= 0.3 is 0 Å². The number of benzene rings is 2. The second-order valence-corrected chi connectivity index (χ2v) is 6.06. The lowest BCUT2D eigenvalue weighted by molar-refractivity contribution is 0.641. The van der Waals surface area contributed by atoms with Gasteiger partial charge in [0.05, 0.1) is 6.04 Å². The van der Waals surface area contributed by atoms with E-state index < -0.39 is 0 Å². The Bertz CT molecular complexity index is 751. The van der Waals surface area contributed by atoms with E-state index in [2.05, 4.69) is 35.1 Å². The molecule has 1 unspecified atom stereocenters. The Morgan fingerprint density at radius 2 is 1.85 bits per heavy atom. The van der Waals surface area contributed by atoms with E-state index in [0.29, 0.717) is 0 Å². The summed E-state index contributed by atoms with van der Waals surface area (Å²) in [5.74, 6) is 5.81. The van der Waals surface area contributed by atoms with Gasteiger partial charge in [0.2, 0.25) is 0 Å². The van der Waals surface area contributed by atoms with Crippen molar-refractivity contribution in [2.75, 3.05) is 0 Å². The molecule has 0 aliphatic rings. The van der Waals surface area contributed by atoms with Crippen LogP contribution in [0.4, 0.5) is 0 Å². The maximum Gasteiger partial charge on any atom is 0.0738 e. The van der Waals surface area contributed by atoms with E-state index in [4.69, 9.17) is 17.4 Å². The van der Waals surface area contributed by atoms with E-state index in [1.165, 1.54) is 10.1 Å². The van der Waals surface area contributed by atoms with Crippen molar-refractivity contribution in [3.05, 3.63) is 69.6 Å². The molecular formula is C16H15ClN2S. The molecule has 2 nitrogen and oxygen atoms in total. The third-order valence-corrected chi connectivity index (χ3v) is 5.02. The van der Waals surface area contributed by atoms with Crippen LogP contribution in [-0.4, -0.2) is 0 Å². The Labute approximate surface area is 127 Å². The summed E-state index contributed by atoms with van der Waals surface area (Å²) in [5.41, 5.74) is 6.13. The number of fused-ring (bicyclic) bond motifs is 1. The van der Waals surface area contributed by atoms with Gasteiger partial charge in [0.15, 0.2) is 0 Å². The number of hydrogen-bond acceptors (Lipinski definition) is 3. The fraction of sp³-hybridized carbons (Fsp3) is 0.125. The van der Waals surface area contributed by atoms with Crippen molar-refractivity contribution >= 4 is 33.0 Å². The van der Waals surface area contributed by atoms with Crippen LogP contribution in [0.3, 0.4) is 0 Å². The summed E-state index contributed by atoms with van der Waals surface area (Å²) >= 11 is 8.17. The molecule has 0 spiro atoms. The number of nitrogens with two attached hydrogens (primary N) is 1. The molecule has 102 valence electrons. The molecule has 0 aliphatic carbocycles. The standard InChI is InChI=1S/C16H15ClN2S/c1-10-4-2-6-12(14(10)17)15(19-18)13-7-3-5-11-8-9-20-16(11)13/h2-9,15,19H,18H2,1H3. The van der Waals surface area contributed by atoms with Crippen LogP contribution in [0, 0.1) is 6.92 Å². The van der Waals surface area contributed by atoms with Gasteiger partial charge in [-0.3, -0.25) is 5.84 Å². The van der Waals surface area contributed by atoms with Crippen molar-refractivity contribution in [2.45, 2.75) is 13.0 Å². The van der Waals surface area contributed by atoms with Gasteiger partial charge in [-0.15, -0.1) is 11.3 Å². The fourth-order valence-corrected chi connectivity index (χ4v) is 3.66. The quantitative estimate of drug-likeness (QED) is 0.555. The predicted octanol–water partition coefficient (Wildman–Crippen LogP) is 4.42. The Kier molecular flexibility index (Phi) is 3.76. The molecule has 0 aliphatic heterocycles. The van der Waals surface area contributed by atoms with E-state index in [1.807, 2.05) is 25.1 Å². The zero-order chi connectivity index (χ0) is 14.1. The average molecular weight is 303 g/mol. The molecule has 0 bridgehead atoms. The van der Waals surface area contributed by atoms with Crippen molar-refractivity contribution < 1.29 is 0 Å². The third kappa shape index (κ3) is 2.23. The largest absolute Gasteiger partial charge is 0.271 e. The first-order valence-corrected chi connectivity index (χ1v) is 7.65. The Hall–Kier alpha value is -1.39. The molecule has 0 saturated heterocycles. The van der Waals surface area contributed by atoms with Gasteiger partial charge in [-0.2, -0.15) is 0 Å². The second kappa shape index (κ2) is 5.54. The molecule has 1 aromatic heterocycles. The van der Waals surface area contributed by atoms with Crippen molar-refractivity contribution in [1.29, 1.82) is 0 Å². The van der Waals surface area contributed by atoms with E-state index in [-0.39, 0.29) is 6.04 Å². The van der Waals surface area contributed by atoms with Gasteiger partial charge in [0.25, 0.3) is 0 Å². The molecule has 2 aromatic carbocycles. The van der Waals surface area contributed by atoms with E-state index in [9.17, 15) is 0 Å². The molecule has 0 amide bonds. The minimum Gasteiger partial charge on any atom is -0.271 e. The van der Waals surface area contributed by atoms with Gasteiger partial charge in [-0.05, 0) is 40.4 Å². The van der Waals surface area contributed by atoms with E-state index >= 15 is 0 Å². The molecule has 0 fully saturated rings. The third-order valence-electron chi connectivity index (χ3n) is 3.52. The number of hydrazine groups is 1. The lowest BCUT2D eigenvalue weighted by Crippen LogP contribution is -2.29. The van der Waals surface area contributed by atoms with Crippen LogP contribution in [-0.2, 0) is 0 Å². The van der Waals surface area contributed by atoms with E-state index in [0.717, 1.165) is 21.7 Å². The minimum atomic E-state index is -0.107. The van der Waals surface area contributed by atoms with E-state index in [1.54, 1.807) is 11.3 Å². The van der Waals surface area contributed by atoms with Crippen molar-refractivity contribution in [1.82, 2.24) is 5.43 Å². The summed E-state index contributed by atoms with van der Waals surface area (Å²) < 4.78 is 1.24. The zero-order valence-electron chi connectivity index (χ0n) is 11.1. The molecule has 20 heavy (non-hydrogen) atoms. The van der Waals surface area contributed by atoms with Crippen LogP contribution in [0.15, 0.2) is 47.8 Å². The molecule has 1 heterocycles. The molecule has 4 heteroatoms. The summed E-state index contributed by atoms with van der Waals surface area (Å²) in [4.78, 5) is 0. The lowest BCUT2D eigenvalue weighted by atomic mass is 9.97. The highest BCUT2D eigenvalue weighted by atomic mass is 35.5. The summed E-state index contributed by atoms with van der Waals surface area (Å²) in [6.45, 7) is 2.01. The number of thiophene rings is 1. The van der Waals surface area contributed by atoms with Gasteiger partial charge in [0.1, 0.15) is 0 Å². The summed E-state index contributed by atoms with van der Waals surface area (Å²) in [7, 11) is 0. The molecule has 3 N–H and O–H groups in total. The van der Waals surface area contributed by atoms with Gasteiger partial charge in [0, 0.05) is 9.72 Å². The Morgan fingerprint density at radius 1 is 1.10 bits per heavy atom. The minimum absolute atomic E-state index is 0.107. The summed E-state index contributed by atoms with van der Waals surface area (Å²) in [5, 5.41) is 4.10. The zero-order valence-corrected chi connectivity index (χ0v) is 12.6.